The average molecular weight is 287 g/mol. The minimum Gasteiger partial charge on any atom is -0.341 e. The Hall–Kier alpha value is -0.380. The van der Waals surface area contributed by atoms with E-state index in [1.54, 1.807) is 0 Å². The van der Waals surface area contributed by atoms with E-state index in [0.717, 1.165) is 34.8 Å². The normalized spacial score (nSPS) is 21.9. The van der Waals surface area contributed by atoms with Crippen LogP contribution in [0, 0.1) is 5.92 Å². The van der Waals surface area contributed by atoms with E-state index in [2.05, 4.69) is 9.97 Å². The topological polar surface area (TPSA) is 28.7 Å². The molecule has 2 aromatic rings. The van der Waals surface area contributed by atoms with Crippen molar-refractivity contribution in [1.29, 1.82) is 0 Å². The molecule has 1 unspecified atom stereocenters. The van der Waals surface area contributed by atoms with Crippen molar-refractivity contribution in [3.8, 4) is 0 Å². The predicted octanol–water partition coefficient (Wildman–Crippen LogP) is 3.99. The fourth-order valence-corrected chi connectivity index (χ4v) is 3.67. The number of thioether (sulfide) groups is 1. The van der Waals surface area contributed by atoms with Crippen LogP contribution in [0.5, 0.6) is 0 Å². The Balaban J connectivity index is 1.58. The zero-order chi connectivity index (χ0) is 11.9. The van der Waals surface area contributed by atoms with Gasteiger partial charge in [0.05, 0.1) is 16.8 Å². The highest BCUT2D eigenvalue weighted by atomic mass is 35.5. The second kappa shape index (κ2) is 4.38. The van der Waals surface area contributed by atoms with Gasteiger partial charge < -0.3 is 4.98 Å². The van der Waals surface area contributed by atoms with Gasteiger partial charge in [-0.3, -0.25) is 0 Å². The molecule has 0 radical (unpaired) electrons. The Morgan fingerprint density at radius 3 is 2.88 bits per heavy atom. The molecule has 1 aliphatic rings. The van der Waals surface area contributed by atoms with Crippen LogP contribution in [0.1, 0.15) is 12.2 Å². The fourth-order valence-electron chi connectivity index (χ4n) is 1.82. The second-order valence-corrected chi connectivity index (χ2v) is 6.95. The number of rotatable bonds is 4. The molecule has 1 aromatic heterocycles. The summed E-state index contributed by atoms with van der Waals surface area (Å²) in [5.41, 5.74) is 2.12. The lowest BCUT2D eigenvalue weighted by molar-refractivity contribution is 0.976. The molecule has 2 nitrogen and oxygen atoms in total. The summed E-state index contributed by atoms with van der Waals surface area (Å²) in [7, 11) is 0. The van der Waals surface area contributed by atoms with E-state index < -0.39 is 4.33 Å². The number of fused-ring (bicyclic) bond motifs is 1. The number of halogens is 2. The fraction of sp³-hybridized carbons (Fsp3) is 0.417. The van der Waals surface area contributed by atoms with Gasteiger partial charge in [-0.1, -0.05) is 12.1 Å². The zero-order valence-corrected chi connectivity index (χ0v) is 11.4. The number of aromatic nitrogens is 2. The molecule has 90 valence electrons. The molecular formula is C12H12Cl2N2S. The van der Waals surface area contributed by atoms with Crippen LogP contribution in [-0.2, 0) is 5.75 Å². The number of hydrogen-bond acceptors (Lipinski definition) is 2. The third-order valence-electron chi connectivity index (χ3n) is 2.95. The van der Waals surface area contributed by atoms with Gasteiger partial charge in [0.25, 0.3) is 0 Å². The van der Waals surface area contributed by atoms with Crippen molar-refractivity contribution < 1.29 is 0 Å². The Morgan fingerprint density at radius 2 is 2.18 bits per heavy atom. The quantitative estimate of drug-likeness (QED) is 0.861. The molecule has 1 saturated carbocycles. The summed E-state index contributed by atoms with van der Waals surface area (Å²) < 4.78 is -0.457. The maximum absolute atomic E-state index is 5.98. The number of hydrogen-bond donors (Lipinski definition) is 1. The predicted molar refractivity (Wildman–Crippen MR) is 74.8 cm³/mol. The first kappa shape index (κ1) is 11.7. The van der Waals surface area contributed by atoms with Crippen molar-refractivity contribution in [3.63, 3.8) is 0 Å². The van der Waals surface area contributed by atoms with Crippen LogP contribution in [0.4, 0.5) is 0 Å². The van der Waals surface area contributed by atoms with Gasteiger partial charge in [0.2, 0.25) is 0 Å². The maximum Gasteiger partial charge on any atom is 0.122 e. The lowest BCUT2D eigenvalue weighted by Crippen LogP contribution is -1.94. The SMILES string of the molecule is ClC1(Cl)CC1CSCc1nc2ccccc2[nH]1. The van der Waals surface area contributed by atoms with E-state index in [4.69, 9.17) is 23.2 Å². The highest BCUT2D eigenvalue weighted by Crippen LogP contribution is 2.54. The number of alkyl halides is 2. The summed E-state index contributed by atoms with van der Waals surface area (Å²) in [5, 5.41) is 0. The van der Waals surface area contributed by atoms with Gasteiger partial charge in [-0.2, -0.15) is 11.8 Å². The van der Waals surface area contributed by atoms with Gasteiger partial charge in [-0.25, -0.2) is 4.98 Å². The maximum atomic E-state index is 5.98. The molecule has 5 heteroatoms. The Kier molecular flexibility index (Phi) is 3.01. The van der Waals surface area contributed by atoms with Crippen LogP contribution in [0.3, 0.4) is 0 Å². The van der Waals surface area contributed by atoms with Crippen molar-refractivity contribution in [2.45, 2.75) is 16.5 Å². The summed E-state index contributed by atoms with van der Waals surface area (Å²) in [6, 6.07) is 8.07. The van der Waals surface area contributed by atoms with Crippen LogP contribution in [-0.4, -0.2) is 20.1 Å². The van der Waals surface area contributed by atoms with E-state index in [1.165, 1.54) is 0 Å². The summed E-state index contributed by atoms with van der Waals surface area (Å²) in [6.45, 7) is 0. The van der Waals surface area contributed by atoms with Crippen molar-refractivity contribution in [3.05, 3.63) is 30.1 Å². The molecule has 0 bridgehead atoms. The lowest BCUT2D eigenvalue weighted by atomic mass is 10.3. The van der Waals surface area contributed by atoms with Crippen molar-refractivity contribution in [1.82, 2.24) is 9.97 Å². The van der Waals surface area contributed by atoms with E-state index in [-0.39, 0.29) is 0 Å². The van der Waals surface area contributed by atoms with Gasteiger partial charge in [0.15, 0.2) is 0 Å². The highest BCUT2D eigenvalue weighted by Gasteiger charge is 2.51. The van der Waals surface area contributed by atoms with Gasteiger partial charge in [0.1, 0.15) is 10.2 Å². The minimum absolute atomic E-state index is 0.445. The third-order valence-corrected chi connectivity index (χ3v) is 4.99. The number of nitrogens with zero attached hydrogens (tertiary/aromatic N) is 1. The van der Waals surface area contributed by atoms with Gasteiger partial charge in [-0.05, 0) is 24.3 Å². The summed E-state index contributed by atoms with van der Waals surface area (Å²) in [6.07, 6.45) is 0.920. The molecule has 17 heavy (non-hydrogen) atoms. The van der Waals surface area contributed by atoms with E-state index in [1.807, 2.05) is 36.0 Å². The summed E-state index contributed by atoms with van der Waals surface area (Å²) in [5.74, 6) is 3.35. The van der Waals surface area contributed by atoms with E-state index in [9.17, 15) is 0 Å². The lowest BCUT2D eigenvalue weighted by Gasteiger charge is -1.98. The van der Waals surface area contributed by atoms with Crippen LogP contribution in [0.25, 0.3) is 11.0 Å². The summed E-state index contributed by atoms with van der Waals surface area (Å²) in [4.78, 5) is 7.84. The first-order valence-corrected chi connectivity index (χ1v) is 7.45. The average Bonchev–Trinajstić information content (AvgIpc) is 2.74. The Labute approximate surface area is 114 Å². The van der Waals surface area contributed by atoms with Gasteiger partial charge >= 0.3 is 0 Å². The standard InChI is InChI=1S/C12H12Cl2N2S/c13-12(14)5-8(12)6-17-7-11-15-9-3-1-2-4-10(9)16-11/h1-4,8H,5-7H2,(H,15,16). The minimum atomic E-state index is -0.457. The third kappa shape index (κ3) is 2.56. The van der Waals surface area contributed by atoms with E-state index >= 15 is 0 Å². The molecule has 3 rings (SSSR count). The molecule has 1 fully saturated rings. The molecule has 0 amide bonds. The van der Waals surface area contributed by atoms with Crippen molar-refractivity contribution >= 4 is 46.0 Å². The second-order valence-electron chi connectivity index (χ2n) is 4.38. The Morgan fingerprint density at radius 1 is 1.41 bits per heavy atom. The van der Waals surface area contributed by atoms with Crippen molar-refractivity contribution in [2.24, 2.45) is 5.92 Å². The first-order valence-electron chi connectivity index (χ1n) is 5.54. The molecular weight excluding hydrogens is 275 g/mol. The zero-order valence-electron chi connectivity index (χ0n) is 9.12. The van der Waals surface area contributed by atoms with Crippen LogP contribution >= 0.6 is 35.0 Å². The first-order chi connectivity index (χ1) is 8.15. The summed E-state index contributed by atoms with van der Waals surface area (Å²) >= 11 is 13.8. The number of para-hydroxylation sites is 2. The number of imidazole rings is 1. The molecule has 1 aromatic carbocycles. The van der Waals surface area contributed by atoms with Crippen LogP contribution < -0.4 is 0 Å². The number of nitrogens with one attached hydrogen (secondary N) is 1. The monoisotopic (exact) mass is 286 g/mol. The number of benzene rings is 1. The van der Waals surface area contributed by atoms with Gasteiger partial charge in [-0.15, -0.1) is 23.2 Å². The molecule has 1 aliphatic carbocycles. The number of H-pyrrole nitrogens is 1. The largest absolute Gasteiger partial charge is 0.341 e. The molecule has 1 atom stereocenters. The van der Waals surface area contributed by atoms with Crippen LogP contribution in [0.2, 0.25) is 0 Å². The van der Waals surface area contributed by atoms with Gasteiger partial charge in [0, 0.05) is 5.92 Å². The van der Waals surface area contributed by atoms with Crippen molar-refractivity contribution in [2.75, 3.05) is 5.75 Å². The molecule has 0 spiro atoms. The molecule has 1 N–H and O–H groups in total. The Bertz CT molecular complexity index is 505. The van der Waals surface area contributed by atoms with Crippen LogP contribution in [0.15, 0.2) is 24.3 Å². The molecule has 0 saturated heterocycles. The molecule has 0 aliphatic heterocycles. The molecule has 1 heterocycles. The van der Waals surface area contributed by atoms with E-state index in [0.29, 0.717) is 5.92 Å². The number of aromatic amines is 1. The smallest absolute Gasteiger partial charge is 0.122 e. The highest BCUT2D eigenvalue weighted by molar-refractivity contribution is 7.98.